The van der Waals surface area contributed by atoms with Crippen molar-refractivity contribution in [3.8, 4) is 0 Å². The van der Waals surface area contributed by atoms with Gasteiger partial charge in [-0.3, -0.25) is 0 Å². The van der Waals surface area contributed by atoms with Crippen molar-refractivity contribution in [1.82, 2.24) is 4.57 Å². The molecule has 2 N–H and O–H groups in total. The number of nitrogens with two attached hydrogens (primary N) is 1. The third kappa shape index (κ3) is 1.64. The SMILES string of the molecule is Cc1c(Br)c2cc(C3CC(N)C3)cc3c2n1CCC3. The normalized spacial score (nSPS) is 25.6. The van der Waals surface area contributed by atoms with E-state index in [4.69, 9.17) is 5.73 Å². The van der Waals surface area contributed by atoms with Crippen molar-refractivity contribution in [1.29, 1.82) is 0 Å². The Balaban J connectivity index is 1.93. The van der Waals surface area contributed by atoms with Gasteiger partial charge in [0, 0.05) is 28.1 Å². The molecule has 1 aliphatic heterocycles. The van der Waals surface area contributed by atoms with Gasteiger partial charge in [0.15, 0.2) is 0 Å². The zero-order valence-electron chi connectivity index (χ0n) is 11.2. The molecule has 2 nitrogen and oxygen atoms in total. The maximum Gasteiger partial charge on any atom is 0.0526 e. The van der Waals surface area contributed by atoms with Crippen LogP contribution in [0, 0.1) is 6.92 Å². The maximum absolute atomic E-state index is 5.95. The van der Waals surface area contributed by atoms with Gasteiger partial charge in [-0.1, -0.05) is 6.07 Å². The van der Waals surface area contributed by atoms with Crippen LogP contribution in [0.1, 0.15) is 42.0 Å². The highest BCUT2D eigenvalue weighted by molar-refractivity contribution is 9.10. The van der Waals surface area contributed by atoms with E-state index < -0.39 is 0 Å². The van der Waals surface area contributed by atoms with Gasteiger partial charge in [-0.25, -0.2) is 0 Å². The molecule has 1 aromatic heterocycles. The lowest BCUT2D eigenvalue weighted by Gasteiger charge is -2.33. The van der Waals surface area contributed by atoms with Gasteiger partial charge >= 0.3 is 0 Å². The first-order valence-electron chi connectivity index (χ1n) is 7.22. The van der Waals surface area contributed by atoms with Gasteiger partial charge in [-0.2, -0.15) is 0 Å². The third-order valence-electron chi connectivity index (χ3n) is 4.91. The van der Waals surface area contributed by atoms with E-state index in [1.165, 1.54) is 45.0 Å². The highest BCUT2D eigenvalue weighted by atomic mass is 79.9. The van der Waals surface area contributed by atoms with E-state index in [0.29, 0.717) is 12.0 Å². The summed E-state index contributed by atoms with van der Waals surface area (Å²) in [6.07, 6.45) is 4.79. The van der Waals surface area contributed by atoms with Crippen molar-refractivity contribution < 1.29 is 0 Å². The average Bonchev–Trinajstić information content (AvgIpc) is 2.62. The zero-order chi connectivity index (χ0) is 13.1. The second-order valence-electron chi connectivity index (χ2n) is 6.16. The Hall–Kier alpha value is -0.800. The monoisotopic (exact) mass is 318 g/mol. The van der Waals surface area contributed by atoms with Crippen LogP contribution in [-0.2, 0) is 13.0 Å². The van der Waals surface area contributed by atoms with Crippen molar-refractivity contribution in [2.24, 2.45) is 5.73 Å². The lowest BCUT2D eigenvalue weighted by atomic mass is 9.75. The summed E-state index contributed by atoms with van der Waals surface area (Å²) in [7, 11) is 0. The number of halogens is 1. The van der Waals surface area contributed by atoms with Gasteiger partial charge in [-0.15, -0.1) is 0 Å². The Bertz CT molecular complexity index is 665. The molecule has 1 aromatic carbocycles. The molecule has 3 heteroatoms. The Morgan fingerprint density at radius 3 is 2.84 bits per heavy atom. The minimum atomic E-state index is 0.423. The highest BCUT2D eigenvalue weighted by Crippen LogP contribution is 2.42. The van der Waals surface area contributed by atoms with Gasteiger partial charge in [-0.05, 0) is 71.6 Å². The fraction of sp³-hybridized carbons (Fsp3) is 0.500. The van der Waals surface area contributed by atoms with Crippen molar-refractivity contribution in [3.63, 3.8) is 0 Å². The number of aryl methyl sites for hydroxylation is 2. The summed E-state index contributed by atoms with van der Waals surface area (Å²) in [5.41, 5.74) is 11.8. The van der Waals surface area contributed by atoms with E-state index in [2.05, 4.69) is 39.6 Å². The van der Waals surface area contributed by atoms with Gasteiger partial charge < -0.3 is 10.3 Å². The first-order valence-corrected chi connectivity index (χ1v) is 8.01. The standard InChI is InChI=1S/C16H19BrN2/c1-9-15(17)14-8-11(12-6-13(18)7-12)5-10-3-2-4-19(9)16(10)14/h5,8,12-13H,2-4,6-7,18H2,1H3. The number of nitrogens with zero attached hydrogens (tertiary/aromatic N) is 1. The Labute approximate surface area is 122 Å². The summed E-state index contributed by atoms with van der Waals surface area (Å²) in [6, 6.07) is 5.26. The lowest BCUT2D eigenvalue weighted by Crippen LogP contribution is -2.34. The molecule has 0 amide bonds. The van der Waals surface area contributed by atoms with Crippen LogP contribution in [-0.4, -0.2) is 10.6 Å². The summed E-state index contributed by atoms with van der Waals surface area (Å²) in [5, 5.41) is 1.41. The van der Waals surface area contributed by atoms with Crippen LogP contribution >= 0.6 is 15.9 Å². The second kappa shape index (κ2) is 4.10. The van der Waals surface area contributed by atoms with Crippen LogP contribution in [0.2, 0.25) is 0 Å². The molecule has 0 atom stereocenters. The minimum absolute atomic E-state index is 0.423. The molecule has 2 aromatic rings. The molecule has 2 heterocycles. The molecule has 1 saturated carbocycles. The first-order chi connectivity index (χ1) is 9.15. The molecule has 1 aliphatic carbocycles. The van der Waals surface area contributed by atoms with Gasteiger partial charge in [0.1, 0.15) is 0 Å². The van der Waals surface area contributed by atoms with Crippen LogP contribution in [0.5, 0.6) is 0 Å². The summed E-state index contributed by atoms with van der Waals surface area (Å²) in [6.45, 7) is 3.38. The maximum atomic E-state index is 5.95. The van der Waals surface area contributed by atoms with Crippen LogP contribution in [0.3, 0.4) is 0 Å². The fourth-order valence-electron chi connectivity index (χ4n) is 3.75. The second-order valence-corrected chi connectivity index (χ2v) is 6.95. The van der Waals surface area contributed by atoms with Crippen LogP contribution in [0.4, 0.5) is 0 Å². The first kappa shape index (κ1) is 12.0. The fourth-order valence-corrected chi connectivity index (χ4v) is 4.27. The molecule has 0 bridgehead atoms. The molecule has 0 spiro atoms. The average molecular weight is 319 g/mol. The third-order valence-corrected chi connectivity index (χ3v) is 5.91. The largest absolute Gasteiger partial charge is 0.343 e. The van der Waals surface area contributed by atoms with Crippen molar-refractivity contribution >= 4 is 26.8 Å². The number of hydrogen-bond acceptors (Lipinski definition) is 1. The minimum Gasteiger partial charge on any atom is -0.343 e. The van der Waals surface area contributed by atoms with Gasteiger partial charge in [0.05, 0.1) is 5.52 Å². The van der Waals surface area contributed by atoms with Crippen molar-refractivity contribution in [2.75, 3.05) is 0 Å². The molecule has 1 fully saturated rings. The van der Waals surface area contributed by atoms with E-state index in [9.17, 15) is 0 Å². The molecule has 4 rings (SSSR count). The molecule has 0 unspecified atom stereocenters. The van der Waals surface area contributed by atoms with E-state index >= 15 is 0 Å². The van der Waals surface area contributed by atoms with Crippen LogP contribution in [0.15, 0.2) is 16.6 Å². The van der Waals surface area contributed by atoms with E-state index in [1.807, 2.05) is 0 Å². The molecule has 2 aliphatic rings. The Morgan fingerprint density at radius 2 is 2.11 bits per heavy atom. The van der Waals surface area contributed by atoms with Gasteiger partial charge in [0.25, 0.3) is 0 Å². The number of benzene rings is 1. The Morgan fingerprint density at radius 1 is 1.32 bits per heavy atom. The molecule has 0 radical (unpaired) electrons. The Kier molecular flexibility index (Phi) is 2.58. The van der Waals surface area contributed by atoms with Crippen LogP contribution < -0.4 is 5.73 Å². The molecule has 0 saturated heterocycles. The van der Waals surface area contributed by atoms with E-state index in [-0.39, 0.29) is 0 Å². The molecular formula is C16H19BrN2. The lowest BCUT2D eigenvalue weighted by molar-refractivity contribution is 0.351. The van der Waals surface area contributed by atoms with Gasteiger partial charge in [0.2, 0.25) is 0 Å². The number of hydrogen-bond donors (Lipinski definition) is 1. The number of aromatic nitrogens is 1. The number of rotatable bonds is 1. The molecule has 19 heavy (non-hydrogen) atoms. The zero-order valence-corrected chi connectivity index (χ0v) is 12.8. The topological polar surface area (TPSA) is 30.9 Å². The quantitative estimate of drug-likeness (QED) is 0.850. The summed E-state index contributed by atoms with van der Waals surface area (Å²) in [4.78, 5) is 0. The van der Waals surface area contributed by atoms with Crippen molar-refractivity contribution in [3.05, 3.63) is 33.4 Å². The molecular weight excluding hydrogens is 300 g/mol. The van der Waals surface area contributed by atoms with Crippen molar-refractivity contribution in [2.45, 2.75) is 51.1 Å². The van der Waals surface area contributed by atoms with Crippen LogP contribution in [0.25, 0.3) is 10.9 Å². The van der Waals surface area contributed by atoms with E-state index in [0.717, 1.165) is 19.4 Å². The van der Waals surface area contributed by atoms with E-state index in [1.54, 1.807) is 0 Å². The summed E-state index contributed by atoms with van der Waals surface area (Å²) in [5.74, 6) is 0.688. The smallest absolute Gasteiger partial charge is 0.0526 e. The summed E-state index contributed by atoms with van der Waals surface area (Å²) >= 11 is 3.79. The highest BCUT2D eigenvalue weighted by Gasteiger charge is 2.29. The summed E-state index contributed by atoms with van der Waals surface area (Å²) < 4.78 is 3.77. The predicted octanol–water partition coefficient (Wildman–Crippen LogP) is 3.86. The molecule has 100 valence electrons. The predicted molar refractivity (Wildman–Crippen MR) is 82.6 cm³/mol.